The first-order chi connectivity index (χ1) is 8.96. The zero-order chi connectivity index (χ0) is 15.6. The van der Waals surface area contributed by atoms with E-state index in [4.69, 9.17) is 9.11 Å². The Morgan fingerprint density at radius 2 is 1.30 bits per heavy atom. The van der Waals surface area contributed by atoms with Gasteiger partial charge in [0, 0.05) is 26.9 Å². The van der Waals surface area contributed by atoms with Crippen molar-refractivity contribution in [3.63, 3.8) is 0 Å². The smallest absolute Gasteiger partial charge is 0.306 e. The molecule has 12 heteroatoms. The van der Waals surface area contributed by atoms with E-state index in [0.717, 1.165) is 0 Å². The Balaban J connectivity index is 3.02. The van der Waals surface area contributed by atoms with E-state index >= 15 is 0 Å². The number of rotatable bonds is 6. The third-order valence-corrected chi connectivity index (χ3v) is 4.42. The van der Waals surface area contributed by atoms with Gasteiger partial charge in [-0.05, 0) is 0 Å². The van der Waals surface area contributed by atoms with Gasteiger partial charge in [0.1, 0.15) is 0 Å². The number of piperazine rings is 1. The highest BCUT2D eigenvalue weighted by atomic mass is 32.3. The molecule has 0 amide bonds. The van der Waals surface area contributed by atoms with Gasteiger partial charge in [-0.1, -0.05) is 0 Å². The Hall–Kier alpha value is -0.340. The van der Waals surface area contributed by atoms with Gasteiger partial charge in [-0.2, -0.15) is 25.2 Å². The molecule has 0 aromatic carbocycles. The van der Waals surface area contributed by atoms with Crippen LogP contribution in [0.25, 0.3) is 0 Å². The van der Waals surface area contributed by atoms with Crippen molar-refractivity contribution >= 4 is 20.8 Å². The number of nitrogens with one attached hydrogen (secondary N) is 1. The first kappa shape index (κ1) is 17.7. The molecule has 1 fully saturated rings. The standard InChI is InChI=1S/C8H18N2O8S2/c1-7(17-19(11,12)13)10(5-3-9-4-6-10)8(2)18-20(14,15)16/h7-9H,3-6H2,1-2H3,(H-,11,12,13,14,15,16)/p+1. The summed E-state index contributed by atoms with van der Waals surface area (Å²) in [5.41, 5.74) is 0. The summed E-state index contributed by atoms with van der Waals surface area (Å²) in [6, 6.07) is 0. The van der Waals surface area contributed by atoms with E-state index in [1.54, 1.807) is 0 Å². The maximum atomic E-state index is 10.8. The van der Waals surface area contributed by atoms with Crippen molar-refractivity contribution in [3.8, 4) is 0 Å². The van der Waals surface area contributed by atoms with Crippen LogP contribution in [-0.4, -0.2) is 69.1 Å². The molecule has 0 saturated carbocycles. The Morgan fingerprint density at radius 1 is 0.950 bits per heavy atom. The zero-order valence-electron chi connectivity index (χ0n) is 11.1. The van der Waals surface area contributed by atoms with E-state index < -0.39 is 33.3 Å². The van der Waals surface area contributed by atoms with Crippen LogP contribution < -0.4 is 5.32 Å². The second-order valence-corrected chi connectivity index (χ2v) is 6.64. The Bertz CT molecular complexity index is 483. The van der Waals surface area contributed by atoms with Gasteiger partial charge in [-0.15, -0.1) is 0 Å². The van der Waals surface area contributed by atoms with Gasteiger partial charge in [-0.25, -0.2) is 0 Å². The highest BCUT2D eigenvalue weighted by Gasteiger charge is 2.45. The van der Waals surface area contributed by atoms with Crippen molar-refractivity contribution in [3.05, 3.63) is 0 Å². The lowest BCUT2D eigenvalue weighted by Gasteiger charge is -2.47. The van der Waals surface area contributed by atoms with E-state index in [9.17, 15) is 16.8 Å². The van der Waals surface area contributed by atoms with Crippen molar-refractivity contribution in [1.29, 1.82) is 0 Å². The third kappa shape index (κ3) is 4.89. The molecule has 1 aliphatic heterocycles. The molecule has 120 valence electrons. The summed E-state index contributed by atoms with van der Waals surface area (Å²) in [7, 11) is -9.38. The molecular formula is C8H19N2O8S2+. The van der Waals surface area contributed by atoms with Crippen LogP contribution in [0.1, 0.15) is 13.8 Å². The van der Waals surface area contributed by atoms with Crippen molar-refractivity contribution in [2.45, 2.75) is 26.3 Å². The molecule has 2 unspecified atom stereocenters. The molecular weight excluding hydrogens is 316 g/mol. The first-order valence-electron chi connectivity index (χ1n) is 5.85. The number of hydrogen-bond acceptors (Lipinski definition) is 7. The van der Waals surface area contributed by atoms with E-state index in [0.29, 0.717) is 26.2 Å². The normalized spacial score (nSPS) is 23.2. The Kier molecular flexibility index (Phi) is 5.48. The summed E-state index contributed by atoms with van der Waals surface area (Å²) < 4.78 is 69.7. The number of quaternary nitrogens is 1. The molecule has 1 heterocycles. The molecule has 0 aliphatic carbocycles. The maximum Gasteiger partial charge on any atom is 0.402 e. The molecule has 0 spiro atoms. The van der Waals surface area contributed by atoms with Gasteiger partial charge in [0.15, 0.2) is 0 Å². The monoisotopic (exact) mass is 335 g/mol. The molecule has 10 nitrogen and oxygen atoms in total. The van der Waals surface area contributed by atoms with Gasteiger partial charge in [0.05, 0.1) is 13.1 Å². The fourth-order valence-electron chi connectivity index (χ4n) is 2.36. The summed E-state index contributed by atoms with van der Waals surface area (Å²) in [4.78, 5) is 0. The van der Waals surface area contributed by atoms with Gasteiger partial charge in [0.25, 0.3) is 0 Å². The topological polar surface area (TPSA) is 139 Å². The summed E-state index contributed by atoms with van der Waals surface area (Å²) >= 11 is 0. The lowest BCUT2D eigenvalue weighted by molar-refractivity contribution is -1.00. The number of hydrogen-bond donors (Lipinski definition) is 3. The van der Waals surface area contributed by atoms with Crippen LogP contribution in [0.3, 0.4) is 0 Å². The fourth-order valence-corrected chi connectivity index (χ4v) is 3.40. The van der Waals surface area contributed by atoms with Crippen LogP contribution in [0.2, 0.25) is 0 Å². The highest BCUT2D eigenvalue weighted by molar-refractivity contribution is 7.81. The molecule has 2 atom stereocenters. The van der Waals surface area contributed by atoms with Crippen LogP contribution in [0.15, 0.2) is 0 Å². The van der Waals surface area contributed by atoms with Crippen molar-refractivity contribution in [1.82, 2.24) is 5.32 Å². The molecule has 20 heavy (non-hydrogen) atoms. The first-order valence-corrected chi connectivity index (χ1v) is 8.58. The van der Waals surface area contributed by atoms with Crippen LogP contribution >= 0.6 is 0 Å². The molecule has 0 bridgehead atoms. The highest BCUT2D eigenvalue weighted by Crippen LogP contribution is 2.24. The zero-order valence-corrected chi connectivity index (χ0v) is 12.7. The van der Waals surface area contributed by atoms with Gasteiger partial charge in [0.2, 0.25) is 12.5 Å². The van der Waals surface area contributed by atoms with Crippen LogP contribution in [0, 0.1) is 0 Å². The van der Waals surface area contributed by atoms with Crippen LogP contribution in [0.5, 0.6) is 0 Å². The summed E-state index contributed by atoms with van der Waals surface area (Å²) in [6.45, 7) is 4.29. The maximum absolute atomic E-state index is 10.8. The molecule has 0 aromatic heterocycles. The quantitative estimate of drug-likeness (QED) is 0.400. The second kappa shape index (κ2) is 6.19. The van der Waals surface area contributed by atoms with Gasteiger partial charge >= 0.3 is 20.8 Å². The third-order valence-electron chi connectivity index (χ3n) is 3.38. The van der Waals surface area contributed by atoms with Gasteiger partial charge < -0.3 is 5.32 Å². The van der Waals surface area contributed by atoms with Crippen LogP contribution in [0.4, 0.5) is 0 Å². The van der Waals surface area contributed by atoms with E-state index in [2.05, 4.69) is 13.7 Å². The minimum absolute atomic E-state index is 0.202. The van der Waals surface area contributed by atoms with Crippen LogP contribution in [-0.2, 0) is 29.2 Å². The fraction of sp³-hybridized carbons (Fsp3) is 1.00. The predicted octanol–water partition coefficient (Wildman–Crippen LogP) is -1.26. The minimum atomic E-state index is -4.69. The van der Waals surface area contributed by atoms with Crippen molar-refractivity contribution in [2.75, 3.05) is 26.2 Å². The van der Waals surface area contributed by atoms with Crippen molar-refractivity contribution < 1.29 is 38.8 Å². The second-order valence-electron chi connectivity index (χ2n) is 4.55. The van der Waals surface area contributed by atoms with Crippen molar-refractivity contribution in [2.24, 2.45) is 0 Å². The average Bonchev–Trinajstić information content (AvgIpc) is 2.25. The molecule has 0 radical (unpaired) electrons. The molecule has 0 aromatic rings. The van der Waals surface area contributed by atoms with E-state index in [1.165, 1.54) is 13.8 Å². The predicted molar refractivity (Wildman–Crippen MR) is 67.1 cm³/mol. The summed E-state index contributed by atoms with van der Waals surface area (Å²) in [5, 5.41) is 3.02. The minimum Gasteiger partial charge on any atom is -0.306 e. The van der Waals surface area contributed by atoms with E-state index in [1.807, 2.05) is 0 Å². The molecule has 3 N–H and O–H groups in total. The summed E-state index contributed by atoms with van der Waals surface area (Å²) in [6.07, 6.45) is -2.16. The molecule has 1 rings (SSSR count). The Labute approximate surface area is 118 Å². The van der Waals surface area contributed by atoms with Gasteiger partial charge in [-0.3, -0.25) is 13.6 Å². The average molecular weight is 335 g/mol. The van der Waals surface area contributed by atoms with E-state index in [-0.39, 0.29) is 4.48 Å². The lowest BCUT2D eigenvalue weighted by Crippen LogP contribution is -2.68. The largest absolute Gasteiger partial charge is 0.402 e. The molecule has 1 saturated heterocycles. The molecule has 1 aliphatic rings. The lowest BCUT2D eigenvalue weighted by atomic mass is 10.2. The summed E-state index contributed by atoms with van der Waals surface area (Å²) in [5.74, 6) is 0. The Morgan fingerprint density at radius 3 is 1.60 bits per heavy atom. The number of nitrogens with zero attached hydrogens (tertiary/aromatic N) is 1. The SMILES string of the molecule is CC(OS(=O)(=O)O)[N+]1(C(C)OS(=O)(=O)O)CCNCC1.